The first-order chi connectivity index (χ1) is 8.03. The van der Waals surface area contributed by atoms with Crippen molar-refractivity contribution >= 4 is 0 Å². The first-order valence-electron chi connectivity index (χ1n) is 5.88. The SMILES string of the molecule is CCNC(CCCC(F)(F)F)c1ccccc1. The Bertz CT molecular complexity index is 308. The standard InChI is InChI=1S/C13H18F3N/c1-2-17-12(9-6-10-13(14,15)16)11-7-4-3-5-8-11/h3-5,7-8,12,17H,2,6,9-10H2,1H3. The highest BCUT2D eigenvalue weighted by atomic mass is 19.4. The molecule has 0 bridgehead atoms. The van der Waals surface area contributed by atoms with Crippen molar-refractivity contribution in [1.29, 1.82) is 0 Å². The Hall–Kier alpha value is -1.03. The van der Waals surface area contributed by atoms with Crippen molar-refractivity contribution in [2.24, 2.45) is 0 Å². The van der Waals surface area contributed by atoms with Crippen LogP contribution in [0.4, 0.5) is 13.2 Å². The van der Waals surface area contributed by atoms with E-state index in [2.05, 4.69) is 5.32 Å². The second-order valence-electron chi connectivity index (χ2n) is 4.03. The van der Waals surface area contributed by atoms with Gasteiger partial charge >= 0.3 is 6.18 Å². The summed E-state index contributed by atoms with van der Waals surface area (Å²) >= 11 is 0. The molecule has 96 valence electrons. The number of hydrogen-bond donors (Lipinski definition) is 1. The highest BCUT2D eigenvalue weighted by Gasteiger charge is 2.26. The third-order valence-corrected chi connectivity index (χ3v) is 2.61. The van der Waals surface area contributed by atoms with Gasteiger partial charge in [0.15, 0.2) is 0 Å². The monoisotopic (exact) mass is 245 g/mol. The van der Waals surface area contributed by atoms with Crippen LogP contribution in [-0.2, 0) is 0 Å². The molecule has 0 aliphatic rings. The van der Waals surface area contributed by atoms with Crippen LogP contribution in [0.5, 0.6) is 0 Å². The van der Waals surface area contributed by atoms with E-state index >= 15 is 0 Å². The number of benzene rings is 1. The number of alkyl halides is 3. The molecule has 1 aromatic rings. The minimum atomic E-state index is -4.05. The maximum atomic E-state index is 12.1. The van der Waals surface area contributed by atoms with Gasteiger partial charge < -0.3 is 5.32 Å². The van der Waals surface area contributed by atoms with E-state index in [0.717, 1.165) is 12.1 Å². The fraction of sp³-hybridized carbons (Fsp3) is 0.538. The van der Waals surface area contributed by atoms with Gasteiger partial charge in [-0.2, -0.15) is 13.2 Å². The van der Waals surface area contributed by atoms with Crippen LogP contribution in [-0.4, -0.2) is 12.7 Å². The van der Waals surface area contributed by atoms with Crippen LogP contribution in [0.1, 0.15) is 37.8 Å². The fourth-order valence-corrected chi connectivity index (χ4v) is 1.82. The van der Waals surface area contributed by atoms with Gasteiger partial charge in [0, 0.05) is 12.5 Å². The van der Waals surface area contributed by atoms with Gasteiger partial charge in [0.2, 0.25) is 0 Å². The van der Waals surface area contributed by atoms with E-state index in [9.17, 15) is 13.2 Å². The molecule has 1 nitrogen and oxygen atoms in total. The van der Waals surface area contributed by atoms with Gasteiger partial charge in [-0.25, -0.2) is 0 Å². The first-order valence-corrected chi connectivity index (χ1v) is 5.88. The highest BCUT2D eigenvalue weighted by Crippen LogP contribution is 2.26. The van der Waals surface area contributed by atoms with Gasteiger partial charge in [0.05, 0.1) is 0 Å². The highest BCUT2D eigenvalue weighted by molar-refractivity contribution is 5.18. The predicted molar refractivity (Wildman–Crippen MR) is 62.8 cm³/mol. The van der Waals surface area contributed by atoms with Crippen LogP contribution in [0.25, 0.3) is 0 Å². The van der Waals surface area contributed by atoms with Crippen molar-refractivity contribution in [2.45, 2.75) is 38.4 Å². The van der Waals surface area contributed by atoms with Crippen LogP contribution in [0.2, 0.25) is 0 Å². The molecule has 1 atom stereocenters. The third-order valence-electron chi connectivity index (χ3n) is 2.61. The molecule has 4 heteroatoms. The molecule has 0 heterocycles. The summed E-state index contributed by atoms with van der Waals surface area (Å²) in [6.45, 7) is 2.71. The lowest BCUT2D eigenvalue weighted by atomic mass is 10.0. The number of nitrogens with one attached hydrogen (secondary N) is 1. The summed E-state index contributed by atoms with van der Waals surface area (Å²) in [4.78, 5) is 0. The molecule has 1 aromatic carbocycles. The van der Waals surface area contributed by atoms with Gasteiger partial charge in [0.25, 0.3) is 0 Å². The number of rotatable bonds is 6. The Morgan fingerprint density at radius 3 is 2.35 bits per heavy atom. The van der Waals surface area contributed by atoms with E-state index in [1.165, 1.54) is 0 Å². The lowest BCUT2D eigenvalue weighted by Crippen LogP contribution is -2.21. The van der Waals surface area contributed by atoms with Crippen molar-refractivity contribution in [1.82, 2.24) is 5.32 Å². The molecular formula is C13H18F3N. The van der Waals surface area contributed by atoms with E-state index in [1.54, 1.807) is 0 Å². The van der Waals surface area contributed by atoms with Crippen LogP contribution in [0.3, 0.4) is 0 Å². The second-order valence-corrected chi connectivity index (χ2v) is 4.03. The van der Waals surface area contributed by atoms with Crippen LogP contribution >= 0.6 is 0 Å². The average Bonchev–Trinajstić information content (AvgIpc) is 2.27. The maximum Gasteiger partial charge on any atom is 0.389 e. The van der Waals surface area contributed by atoms with E-state index in [1.807, 2.05) is 37.3 Å². The zero-order valence-corrected chi connectivity index (χ0v) is 9.93. The number of halogens is 3. The van der Waals surface area contributed by atoms with Crippen LogP contribution in [0.15, 0.2) is 30.3 Å². The topological polar surface area (TPSA) is 12.0 Å². The van der Waals surface area contributed by atoms with E-state index in [4.69, 9.17) is 0 Å². The van der Waals surface area contributed by atoms with Gasteiger partial charge in [-0.05, 0) is 24.9 Å². The zero-order valence-electron chi connectivity index (χ0n) is 9.93. The molecule has 0 radical (unpaired) electrons. The Morgan fingerprint density at radius 2 is 1.82 bits per heavy atom. The second kappa shape index (κ2) is 6.64. The molecule has 0 aromatic heterocycles. The van der Waals surface area contributed by atoms with Gasteiger partial charge in [-0.1, -0.05) is 37.3 Å². The van der Waals surface area contributed by atoms with E-state index in [-0.39, 0.29) is 12.5 Å². The number of hydrogen-bond acceptors (Lipinski definition) is 1. The molecule has 0 saturated carbocycles. The Morgan fingerprint density at radius 1 is 1.18 bits per heavy atom. The summed E-state index contributed by atoms with van der Waals surface area (Å²) in [5.41, 5.74) is 1.05. The molecule has 17 heavy (non-hydrogen) atoms. The van der Waals surface area contributed by atoms with Gasteiger partial charge in [0.1, 0.15) is 0 Å². The molecular weight excluding hydrogens is 227 g/mol. The minimum Gasteiger partial charge on any atom is -0.310 e. The molecule has 1 unspecified atom stereocenters. The molecule has 1 rings (SSSR count). The van der Waals surface area contributed by atoms with Crippen LogP contribution < -0.4 is 5.32 Å². The molecule has 0 amide bonds. The summed E-state index contributed by atoms with van der Waals surface area (Å²) in [6.07, 6.45) is -4.08. The quantitative estimate of drug-likeness (QED) is 0.796. The molecule has 0 spiro atoms. The Labute approximate surface area is 100 Å². The molecule has 0 fully saturated rings. The zero-order chi connectivity index (χ0) is 12.7. The summed E-state index contributed by atoms with van der Waals surface area (Å²) in [7, 11) is 0. The Balaban J connectivity index is 2.50. The van der Waals surface area contributed by atoms with Crippen molar-refractivity contribution in [3.05, 3.63) is 35.9 Å². The van der Waals surface area contributed by atoms with E-state index < -0.39 is 12.6 Å². The summed E-state index contributed by atoms with van der Waals surface area (Å²) in [6, 6.07) is 9.63. The lowest BCUT2D eigenvalue weighted by Gasteiger charge is -2.18. The Kier molecular flexibility index (Phi) is 5.48. The lowest BCUT2D eigenvalue weighted by molar-refractivity contribution is -0.135. The normalized spacial score (nSPS) is 13.6. The molecule has 0 aliphatic heterocycles. The smallest absolute Gasteiger partial charge is 0.310 e. The van der Waals surface area contributed by atoms with Gasteiger partial charge in [-0.15, -0.1) is 0 Å². The molecule has 1 N–H and O–H groups in total. The van der Waals surface area contributed by atoms with E-state index in [0.29, 0.717) is 6.42 Å². The summed E-state index contributed by atoms with van der Waals surface area (Å²) in [5, 5.41) is 3.22. The van der Waals surface area contributed by atoms with Crippen molar-refractivity contribution < 1.29 is 13.2 Å². The van der Waals surface area contributed by atoms with Crippen molar-refractivity contribution in [3.63, 3.8) is 0 Å². The summed E-state index contributed by atoms with van der Waals surface area (Å²) < 4.78 is 36.2. The van der Waals surface area contributed by atoms with Gasteiger partial charge in [-0.3, -0.25) is 0 Å². The minimum absolute atomic E-state index is 0.0172. The molecule has 0 aliphatic carbocycles. The molecule has 0 saturated heterocycles. The van der Waals surface area contributed by atoms with Crippen LogP contribution in [0, 0.1) is 0 Å². The largest absolute Gasteiger partial charge is 0.389 e. The summed E-state index contributed by atoms with van der Waals surface area (Å²) in [5.74, 6) is 0. The fourth-order valence-electron chi connectivity index (χ4n) is 1.82. The third kappa shape index (κ3) is 5.73. The maximum absolute atomic E-state index is 12.1. The average molecular weight is 245 g/mol. The first kappa shape index (κ1) is 14.0. The van der Waals surface area contributed by atoms with Crippen molar-refractivity contribution in [2.75, 3.05) is 6.54 Å². The van der Waals surface area contributed by atoms with Crippen molar-refractivity contribution in [3.8, 4) is 0 Å². The predicted octanol–water partition coefficient (Wildman–Crippen LogP) is 4.07.